The first-order valence-electron chi connectivity index (χ1n) is 8.78. The molecule has 9 nitrogen and oxygen atoms in total. The molecule has 144 valence electrons. The molecule has 0 saturated carbocycles. The lowest BCUT2D eigenvalue weighted by atomic mass is 9.87. The van der Waals surface area contributed by atoms with Crippen molar-refractivity contribution in [2.75, 3.05) is 26.4 Å². The molecule has 0 radical (unpaired) electrons. The molecule has 0 bridgehead atoms. The van der Waals surface area contributed by atoms with Crippen molar-refractivity contribution in [3.63, 3.8) is 0 Å². The molecule has 3 N–H and O–H groups in total. The number of morpholine rings is 1. The van der Waals surface area contributed by atoms with Gasteiger partial charge in [-0.05, 0) is 29.0 Å². The number of phenolic OH excluding ortho intramolecular Hbond substituents is 1. The van der Waals surface area contributed by atoms with Crippen molar-refractivity contribution in [1.82, 2.24) is 25.5 Å². The van der Waals surface area contributed by atoms with E-state index in [1.165, 1.54) is 12.1 Å². The summed E-state index contributed by atoms with van der Waals surface area (Å²) < 4.78 is 5.62. The number of carbonyl (C=O) groups is 1. The molecular formula is C19H19N5O4. The smallest absolute Gasteiger partial charge is 0.254 e. The Morgan fingerprint density at radius 1 is 1.25 bits per heavy atom. The standard InChI is InChI=1S/C19H19N5O4/c25-11-19(15-4-2-1-3-5-15)12-28-7-6-24(19)18(27)14-8-13(9-16(26)10-14)17-20-22-23-21-17/h1-5,8-10,25-26H,6-7,11-12H2,(H,20,21,22,23). The van der Waals surface area contributed by atoms with E-state index in [4.69, 9.17) is 4.74 Å². The maximum Gasteiger partial charge on any atom is 0.254 e. The summed E-state index contributed by atoms with van der Waals surface area (Å²) in [5.74, 6) is -0.154. The summed E-state index contributed by atoms with van der Waals surface area (Å²) in [6.45, 7) is 0.549. The highest BCUT2D eigenvalue weighted by atomic mass is 16.5. The fourth-order valence-corrected chi connectivity index (χ4v) is 3.50. The Labute approximate surface area is 160 Å². The third-order valence-electron chi connectivity index (χ3n) is 4.90. The number of nitrogens with one attached hydrogen (secondary N) is 1. The summed E-state index contributed by atoms with van der Waals surface area (Å²) >= 11 is 0. The normalized spacial score (nSPS) is 19.5. The lowest BCUT2D eigenvalue weighted by Crippen LogP contribution is -2.59. The van der Waals surface area contributed by atoms with E-state index in [-0.39, 0.29) is 36.3 Å². The minimum atomic E-state index is -1.01. The van der Waals surface area contributed by atoms with Gasteiger partial charge in [-0.15, -0.1) is 10.2 Å². The van der Waals surface area contributed by atoms with Crippen LogP contribution in [0.5, 0.6) is 5.75 Å². The molecule has 28 heavy (non-hydrogen) atoms. The summed E-state index contributed by atoms with van der Waals surface area (Å²) in [6.07, 6.45) is 0. The van der Waals surface area contributed by atoms with E-state index >= 15 is 0 Å². The van der Waals surface area contributed by atoms with E-state index in [0.717, 1.165) is 5.56 Å². The lowest BCUT2D eigenvalue weighted by molar-refractivity contribution is -0.0786. The average molecular weight is 381 g/mol. The van der Waals surface area contributed by atoms with E-state index in [1.54, 1.807) is 11.0 Å². The maximum absolute atomic E-state index is 13.4. The number of carbonyl (C=O) groups excluding carboxylic acids is 1. The van der Waals surface area contributed by atoms with Crippen LogP contribution in [-0.4, -0.2) is 68.0 Å². The SMILES string of the molecule is O=C(c1cc(O)cc(-c2nn[nH]n2)c1)N1CCOCC1(CO)c1ccccc1. The molecule has 4 rings (SSSR count). The van der Waals surface area contributed by atoms with Crippen LogP contribution < -0.4 is 0 Å². The number of ether oxygens (including phenoxy) is 1. The van der Waals surface area contributed by atoms with Crippen LogP contribution in [0.2, 0.25) is 0 Å². The first-order valence-corrected chi connectivity index (χ1v) is 8.78. The van der Waals surface area contributed by atoms with Gasteiger partial charge in [-0.1, -0.05) is 30.3 Å². The topological polar surface area (TPSA) is 124 Å². The number of hydrogen-bond acceptors (Lipinski definition) is 7. The lowest BCUT2D eigenvalue weighted by Gasteiger charge is -2.46. The molecule has 9 heteroatoms. The minimum absolute atomic E-state index is 0.0896. The molecule has 1 atom stereocenters. The van der Waals surface area contributed by atoms with Crippen LogP contribution in [0.15, 0.2) is 48.5 Å². The van der Waals surface area contributed by atoms with Gasteiger partial charge in [0.1, 0.15) is 11.3 Å². The summed E-state index contributed by atoms with van der Waals surface area (Å²) in [5.41, 5.74) is 0.494. The fourth-order valence-electron chi connectivity index (χ4n) is 3.50. The maximum atomic E-state index is 13.4. The van der Waals surface area contributed by atoms with Gasteiger partial charge in [-0.3, -0.25) is 4.79 Å². The average Bonchev–Trinajstić information content (AvgIpc) is 3.28. The van der Waals surface area contributed by atoms with Crippen LogP contribution in [0.1, 0.15) is 15.9 Å². The predicted molar refractivity (Wildman–Crippen MR) is 98.3 cm³/mol. The van der Waals surface area contributed by atoms with Crippen molar-refractivity contribution in [3.8, 4) is 17.1 Å². The van der Waals surface area contributed by atoms with Crippen LogP contribution in [0.25, 0.3) is 11.4 Å². The summed E-state index contributed by atoms with van der Waals surface area (Å²) in [4.78, 5) is 15.0. The zero-order chi connectivity index (χ0) is 19.6. The highest BCUT2D eigenvalue weighted by molar-refractivity contribution is 5.96. The molecule has 1 aliphatic heterocycles. The van der Waals surface area contributed by atoms with Gasteiger partial charge in [0.2, 0.25) is 5.82 Å². The number of amides is 1. The Kier molecular flexibility index (Phi) is 4.76. The quantitative estimate of drug-likeness (QED) is 0.614. The number of rotatable bonds is 4. The summed E-state index contributed by atoms with van der Waals surface area (Å²) in [6, 6.07) is 13.7. The second-order valence-corrected chi connectivity index (χ2v) is 6.57. The number of aliphatic hydroxyl groups is 1. The fraction of sp³-hybridized carbons (Fsp3) is 0.263. The van der Waals surface area contributed by atoms with Crippen molar-refractivity contribution in [2.45, 2.75) is 5.54 Å². The Morgan fingerprint density at radius 2 is 2.07 bits per heavy atom. The number of phenols is 1. The van der Waals surface area contributed by atoms with E-state index < -0.39 is 5.54 Å². The van der Waals surface area contributed by atoms with Crippen molar-refractivity contribution >= 4 is 5.91 Å². The van der Waals surface area contributed by atoms with Gasteiger partial charge in [0.25, 0.3) is 5.91 Å². The molecule has 1 aliphatic rings. The molecule has 1 unspecified atom stereocenters. The van der Waals surface area contributed by atoms with Gasteiger partial charge in [0.05, 0.1) is 19.8 Å². The molecule has 2 aromatic carbocycles. The first kappa shape index (κ1) is 18.1. The van der Waals surface area contributed by atoms with Gasteiger partial charge < -0.3 is 19.8 Å². The van der Waals surface area contributed by atoms with Crippen LogP contribution in [0, 0.1) is 0 Å². The number of H-pyrrole nitrogens is 1. The first-order chi connectivity index (χ1) is 13.6. The highest BCUT2D eigenvalue weighted by Gasteiger charge is 2.44. The van der Waals surface area contributed by atoms with Gasteiger partial charge >= 0.3 is 0 Å². The second-order valence-electron chi connectivity index (χ2n) is 6.57. The zero-order valence-electron chi connectivity index (χ0n) is 14.9. The van der Waals surface area contributed by atoms with Gasteiger partial charge in [-0.25, -0.2) is 0 Å². The van der Waals surface area contributed by atoms with Crippen LogP contribution in [-0.2, 0) is 10.3 Å². The van der Waals surface area contributed by atoms with Gasteiger partial charge in [0.15, 0.2) is 0 Å². The van der Waals surface area contributed by atoms with Crippen LogP contribution in [0.4, 0.5) is 0 Å². The predicted octanol–water partition coefficient (Wildman–Crippen LogP) is 0.932. The Morgan fingerprint density at radius 3 is 2.79 bits per heavy atom. The number of hydrogen-bond donors (Lipinski definition) is 3. The Hall–Kier alpha value is -3.30. The number of aromatic hydroxyl groups is 1. The number of nitrogens with zero attached hydrogens (tertiary/aromatic N) is 4. The monoisotopic (exact) mass is 381 g/mol. The van der Waals surface area contributed by atoms with Crippen LogP contribution >= 0.6 is 0 Å². The van der Waals surface area contributed by atoms with Crippen molar-refractivity contribution in [2.24, 2.45) is 0 Å². The summed E-state index contributed by atoms with van der Waals surface area (Å²) in [5, 5.41) is 34.0. The number of tetrazole rings is 1. The van der Waals surface area contributed by atoms with Gasteiger partial charge in [-0.2, -0.15) is 5.21 Å². The molecular weight excluding hydrogens is 362 g/mol. The molecule has 2 heterocycles. The third kappa shape index (κ3) is 3.10. The zero-order valence-corrected chi connectivity index (χ0v) is 14.9. The number of aromatic amines is 1. The molecule has 1 fully saturated rings. The molecule has 0 aliphatic carbocycles. The van der Waals surface area contributed by atoms with Gasteiger partial charge in [0, 0.05) is 17.7 Å². The molecule has 1 amide bonds. The van der Waals surface area contributed by atoms with E-state index in [9.17, 15) is 15.0 Å². The van der Waals surface area contributed by atoms with E-state index in [2.05, 4.69) is 20.6 Å². The van der Waals surface area contributed by atoms with Crippen molar-refractivity contribution in [1.29, 1.82) is 0 Å². The minimum Gasteiger partial charge on any atom is -0.508 e. The van der Waals surface area contributed by atoms with E-state index in [0.29, 0.717) is 18.7 Å². The largest absolute Gasteiger partial charge is 0.508 e. The number of aromatic nitrogens is 4. The van der Waals surface area contributed by atoms with Crippen LogP contribution in [0.3, 0.4) is 0 Å². The van der Waals surface area contributed by atoms with Crippen molar-refractivity contribution in [3.05, 3.63) is 59.7 Å². The Balaban J connectivity index is 1.75. The third-order valence-corrected chi connectivity index (χ3v) is 4.90. The molecule has 3 aromatic rings. The Bertz CT molecular complexity index is 964. The molecule has 1 saturated heterocycles. The number of benzene rings is 2. The second kappa shape index (κ2) is 7.37. The number of aliphatic hydroxyl groups excluding tert-OH is 1. The summed E-state index contributed by atoms with van der Waals surface area (Å²) in [7, 11) is 0. The molecule has 1 aromatic heterocycles. The van der Waals surface area contributed by atoms with Crippen molar-refractivity contribution < 1.29 is 19.7 Å². The van der Waals surface area contributed by atoms with E-state index in [1.807, 2.05) is 30.3 Å². The molecule has 0 spiro atoms. The highest BCUT2D eigenvalue weighted by Crippen LogP contribution is 2.34.